The number of hydrogen-bond donors (Lipinski definition) is 0. The van der Waals surface area contributed by atoms with Gasteiger partial charge in [-0.05, 0) is 44.4 Å². The monoisotopic (exact) mass is 321 g/mol. The van der Waals surface area contributed by atoms with Crippen LogP contribution in [-0.4, -0.2) is 10.8 Å². The van der Waals surface area contributed by atoms with Crippen molar-refractivity contribution in [1.29, 1.82) is 0 Å². The molecule has 1 aromatic heterocycles. The van der Waals surface area contributed by atoms with Gasteiger partial charge in [-0.3, -0.25) is 9.78 Å². The minimum Gasteiger partial charge on any atom is -0.294 e. The number of hydrogen-bond acceptors (Lipinski definition) is 2. The summed E-state index contributed by atoms with van der Waals surface area (Å²) in [5, 5.41) is 1.15. The van der Waals surface area contributed by atoms with E-state index in [-0.39, 0.29) is 11.7 Å². The van der Waals surface area contributed by atoms with Gasteiger partial charge in [-0.1, -0.05) is 56.7 Å². The Bertz CT molecular complexity index is 786. The van der Waals surface area contributed by atoms with Gasteiger partial charge in [0.2, 0.25) is 0 Å². The van der Waals surface area contributed by atoms with Crippen LogP contribution in [0.2, 0.25) is 0 Å². The lowest BCUT2D eigenvalue weighted by molar-refractivity contribution is -0.118. The molecule has 0 aliphatic rings. The van der Waals surface area contributed by atoms with E-state index < -0.39 is 0 Å². The first-order valence-electron chi connectivity index (χ1n) is 8.67. The van der Waals surface area contributed by atoms with Gasteiger partial charge in [0.25, 0.3) is 0 Å². The van der Waals surface area contributed by atoms with E-state index in [1.807, 2.05) is 26.0 Å². The molecule has 1 aromatic carbocycles. The number of aromatic nitrogens is 1. The summed E-state index contributed by atoms with van der Waals surface area (Å²) in [6, 6.07) is 10.5. The van der Waals surface area contributed by atoms with Crippen LogP contribution in [0.3, 0.4) is 0 Å². The fourth-order valence-electron chi connectivity index (χ4n) is 3.00. The highest BCUT2D eigenvalue weighted by atomic mass is 16.1. The third-order valence-corrected chi connectivity index (χ3v) is 4.29. The Kier molecular flexibility index (Phi) is 6.08. The zero-order valence-electron chi connectivity index (χ0n) is 15.2. The molecule has 1 heterocycles. The number of fused-ring (bicyclic) bond motifs is 1. The number of aryl methyl sites for hydroxylation is 1. The highest BCUT2D eigenvalue weighted by Crippen LogP contribution is 2.19. The molecule has 2 nitrogen and oxygen atoms in total. The van der Waals surface area contributed by atoms with Crippen molar-refractivity contribution in [3.8, 4) is 0 Å². The Balaban J connectivity index is 2.12. The lowest BCUT2D eigenvalue weighted by Crippen LogP contribution is -2.12. The highest BCUT2D eigenvalue weighted by Gasteiger charge is 2.13. The summed E-state index contributed by atoms with van der Waals surface area (Å²) >= 11 is 0. The predicted octanol–water partition coefficient (Wildman–Crippen LogP) is 5.59. The van der Waals surface area contributed by atoms with E-state index in [4.69, 9.17) is 0 Å². The zero-order valence-corrected chi connectivity index (χ0v) is 15.2. The van der Waals surface area contributed by atoms with E-state index in [0.29, 0.717) is 5.57 Å². The molecular weight excluding hydrogens is 294 g/mol. The SMILES string of the molecule is C=C(/C=C(\C)Cc1ccc2ccc(C)nc2c1)C(=O)C(C)CCC. The summed E-state index contributed by atoms with van der Waals surface area (Å²) in [5.41, 5.74) is 5.01. The van der Waals surface area contributed by atoms with Crippen LogP contribution in [0.5, 0.6) is 0 Å². The van der Waals surface area contributed by atoms with Gasteiger partial charge in [-0.2, -0.15) is 0 Å². The van der Waals surface area contributed by atoms with E-state index >= 15 is 0 Å². The van der Waals surface area contributed by atoms with Gasteiger partial charge in [0.1, 0.15) is 0 Å². The number of rotatable bonds is 7. The minimum atomic E-state index is 0.0550. The number of allylic oxidation sites excluding steroid dienone is 3. The third kappa shape index (κ3) is 4.64. The Hall–Kier alpha value is -2.22. The van der Waals surface area contributed by atoms with Crippen molar-refractivity contribution in [2.24, 2.45) is 5.92 Å². The smallest absolute Gasteiger partial charge is 0.165 e. The largest absolute Gasteiger partial charge is 0.294 e. The second kappa shape index (κ2) is 8.05. The molecule has 0 radical (unpaired) electrons. The lowest BCUT2D eigenvalue weighted by atomic mass is 9.94. The molecule has 0 saturated heterocycles. The number of pyridine rings is 1. The average molecular weight is 321 g/mol. The first kappa shape index (κ1) is 18.1. The van der Waals surface area contributed by atoms with Gasteiger partial charge in [0.05, 0.1) is 5.52 Å². The topological polar surface area (TPSA) is 30.0 Å². The van der Waals surface area contributed by atoms with Crippen LogP contribution < -0.4 is 0 Å². The Morgan fingerprint density at radius 2 is 2.00 bits per heavy atom. The molecule has 0 spiro atoms. The van der Waals surface area contributed by atoms with Gasteiger partial charge in [-0.15, -0.1) is 0 Å². The Morgan fingerprint density at radius 3 is 2.71 bits per heavy atom. The van der Waals surface area contributed by atoms with Crippen LogP contribution in [0.15, 0.2) is 54.1 Å². The molecule has 0 N–H and O–H groups in total. The zero-order chi connectivity index (χ0) is 17.7. The number of nitrogens with zero attached hydrogens (tertiary/aromatic N) is 1. The summed E-state index contributed by atoms with van der Waals surface area (Å²) in [4.78, 5) is 16.9. The van der Waals surface area contributed by atoms with Crippen molar-refractivity contribution < 1.29 is 4.79 Å². The van der Waals surface area contributed by atoms with Crippen LogP contribution in [0, 0.1) is 12.8 Å². The second-order valence-corrected chi connectivity index (χ2v) is 6.73. The van der Waals surface area contributed by atoms with Gasteiger partial charge < -0.3 is 0 Å². The van der Waals surface area contributed by atoms with E-state index in [2.05, 4.69) is 49.7 Å². The average Bonchev–Trinajstić information content (AvgIpc) is 2.53. The fourth-order valence-corrected chi connectivity index (χ4v) is 3.00. The molecule has 0 fully saturated rings. The molecule has 2 aromatic rings. The van der Waals surface area contributed by atoms with Crippen molar-refractivity contribution in [3.63, 3.8) is 0 Å². The molecular formula is C22H27NO. The summed E-state index contributed by atoms with van der Waals surface area (Å²) in [7, 11) is 0. The van der Waals surface area contributed by atoms with Crippen molar-refractivity contribution >= 4 is 16.7 Å². The number of carbonyl (C=O) groups is 1. The second-order valence-electron chi connectivity index (χ2n) is 6.73. The minimum absolute atomic E-state index is 0.0550. The van der Waals surface area contributed by atoms with Crippen LogP contribution in [-0.2, 0) is 11.2 Å². The van der Waals surface area contributed by atoms with Crippen molar-refractivity contribution in [1.82, 2.24) is 4.98 Å². The first-order valence-corrected chi connectivity index (χ1v) is 8.67. The molecule has 24 heavy (non-hydrogen) atoms. The van der Waals surface area contributed by atoms with Gasteiger partial charge >= 0.3 is 0 Å². The highest BCUT2D eigenvalue weighted by molar-refractivity contribution is 5.98. The fraction of sp³-hybridized carbons (Fsp3) is 0.364. The number of ketones is 1. The van der Waals surface area contributed by atoms with E-state index in [9.17, 15) is 4.79 Å². The normalized spacial score (nSPS) is 13.1. The van der Waals surface area contributed by atoms with E-state index in [0.717, 1.165) is 41.4 Å². The van der Waals surface area contributed by atoms with E-state index in [1.54, 1.807) is 0 Å². The summed E-state index contributed by atoms with van der Waals surface area (Å²) in [5.74, 6) is 0.214. The van der Waals surface area contributed by atoms with Crippen LogP contribution in [0.25, 0.3) is 10.9 Å². The van der Waals surface area contributed by atoms with Gasteiger partial charge in [-0.25, -0.2) is 0 Å². The summed E-state index contributed by atoms with van der Waals surface area (Å²) < 4.78 is 0. The lowest BCUT2D eigenvalue weighted by Gasteiger charge is -2.10. The van der Waals surface area contributed by atoms with Crippen LogP contribution >= 0.6 is 0 Å². The summed E-state index contributed by atoms with van der Waals surface area (Å²) in [6.07, 6.45) is 4.68. The van der Waals surface area contributed by atoms with Crippen molar-refractivity contribution in [3.05, 3.63) is 65.4 Å². The molecule has 126 valence electrons. The maximum atomic E-state index is 12.3. The quantitative estimate of drug-likeness (QED) is 0.491. The van der Waals surface area contributed by atoms with Crippen LogP contribution in [0.1, 0.15) is 44.9 Å². The number of Topliss-reactive ketones (excluding diaryl/α,β-unsaturated/α-hetero) is 1. The molecule has 0 bridgehead atoms. The number of carbonyl (C=O) groups excluding carboxylic acids is 1. The molecule has 0 aliphatic heterocycles. The number of benzene rings is 1. The van der Waals surface area contributed by atoms with Crippen molar-refractivity contribution in [2.45, 2.75) is 47.0 Å². The maximum Gasteiger partial charge on any atom is 0.165 e. The van der Waals surface area contributed by atoms with E-state index in [1.165, 1.54) is 5.56 Å². The molecule has 1 unspecified atom stereocenters. The molecule has 2 heteroatoms. The maximum absolute atomic E-state index is 12.3. The molecule has 0 saturated carbocycles. The van der Waals surface area contributed by atoms with Crippen LogP contribution in [0.4, 0.5) is 0 Å². The first-order chi connectivity index (χ1) is 11.4. The standard InChI is InChI=1S/C22H27NO/c1-6-7-16(3)22(24)17(4)12-15(2)13-19-9-11-20-10-8-18(5)23-21(20)14-19/h8-12,14,16H,4,6-7,13H2,1-3,5H3/b15-12+. The third-order valence-electron chi connectivity index (χ3n) is 4.29. The van der Waals surface area contributed by atoms with Crippen molar-refractivity contribution in [2.75, 3.05) is 0 Å². The molecule has 2 rings (SSSR count). The summed E-state index contributed by atoms with van der Waals surface area (Å²) in [6.45, 7) is 12.1. The Morgan fingerprint density at radius 1 is 1.29 bits per heavy atom. The molecule has 0 aliphatic carbocycles. The van der Waals surface area contributed by atoms with Gasteiger partial charge in [0.15, 0.2) is 5.78 Å². The molecule has 1 atom stereocenters. The Labute approximate surface area is 145 Å². The molecule has 0 amide bonds. The predicted molar refractivity (Wildman–Crippen MR) is 102 cm³/mol. The van der Waals surface area contributed by atoms with Gasteiger partial charge in [0, 0.05) is 22.6 Å².